The Morgan fingerprint density at radius 1 is 1.22 bits per heavy atom. The normalized spacial score (nSPS) is 10.9. The van der Waals surface area contributed by atoms with E-state index in [2.05, 4.69) is 5.32 Å². The minimum Gasteiger partial charge on any atom is -0.465 e. The summed E-state index contributed by atoms with van der Waals surface area (Å²) in [7, 11) is 0. The fraction of sp³-hybridized carbons (Fsp3) is 0. The number of para-hydroxylation sites is 1. The lowest BCUT2D eigenvalue weighted by Crippen LogP contribution is -2.07. The number of carboxylic acid groups (broad SMARTS) is 1. The van der Waals surface area contributed by atoms with Crippen molar-refractivity contribution in [2.75, 3.05) is 5.32 Å². The van der Waals surface area contributed by atoms with Crippen LogP contribution < -0.4 is 5.32 Å². The van der Waals surface area contributed by atoms with Crippen LogP contribution in [-0.4, -0.2) is 11.2 Å². The zero-order chi connectivity index (χ0) is 12.7. The molecule has 18 heavy (non-hydrogen) atoms. The summed E-state index contributed by atoms with van der Waals surface area (Å²) in [6.45, 7) is 0. The molecule has 4 nitrogen and oxygen atoms in total. The van der Waals surface area contributed by atoms with Gasteiger partial charge in [-0.1, -0.05) is 29.8 Å². The second-order valence-electron chi connectivity index (χ2n) is 3.86. The molecule has 0 saturated heterocycles. The topological polar surface area (TPSA) is 62.5 Å². The number of benzene rings is 2. The molecular formula is C13H8ClNO3. The van der Waals surface area contributed by atoms with Gasteiger partial charge in [-0.05, 0) is 18.2 Å². The molecule has 2 aromatic carbocycles. The summed E-state index contributed by atoms with van der Waals surface area (Å²) in [5.74, 6) is 0. The van der Waals surface area contributed by atoms with Gasteiger partial charge in [0.2, 0.25) is 0 Å². The van der Waals surface area contributed by atoms with Crippen molar-refractivity contribution < 1.29 is 14.3 Å². The molecular weight excluding hydrogens is 254 g/mol. The number of nitrogens with one attached hydrogen (secondary N) is 1. The molecule has 0 aliphatic heterocycles. The molecule has 0 aliphatic carbocycles. The molecule has 0 bridgehead atoms. The van der Waals surface area contributed by atoms with Gasteiger partial charge >= 0.3 is 6.09 Å². The van der Waals surface area contributed by atoms with Crippen LogP contribution in [0.5, 0.6) is 0 Å². The fourth-order valence-corrected chi connectivity index (χ4v) is 2.22. The van der Waals surface area contributed by atoms with Crippen molar-refractivity contribution in [2.45, 2.75) is 0 Å². The smallest absolute Gasteiger partial charge is 0.409 e. The first-order chi connectivity index (χ1) is 8.65. The number of hydrogen-bond donors (Lipinski definition) is 2. The lowest BCUT2D eigenvalue weighted by atomic mass is 10.1. The maximum absolute atomic E-state index is 10.7. The van der Waals surface area contributed by atoms with Crippen molar-refractivity contribution >= 4 is 45.3 Å². The van der Waals surface area contributed by atoms with Crippen LogP contribution in [0.2, 0.25) is 5.02 Å². The molecule has 1 amide bonds. The highest BCUT2D eigenvalue weighted by Gasteiger charge is 2.13. The van der Waals surface area contributed by atoms with Crippen LogP contribution in [0.15, 0.2) is 40.8 Å². The lowest BCUT2D eigenvalue weighted by Gasteiger charge is -2.02. The monoisotopic (exact) mass is 261 g/mol. The zero-order valence-electron chi connectivity index (χ0n) is 9.11. The molecule has 0 atom stereocenters. The molecule has 2 N–H and O–H groups in total. The molecule has 1 aromatic heterocycles. The Hall–Kier alpha value is -2.20. The second-order valence-corrected chi connectivity index (χ2v) is 4.29. The molecule has 0 spiro atoms. The Morgan fingerprint density at radius 3 is 2.78 bits per heavy atom. The number of amides is 1. The highest BCUT2D eigenvalue weighted by molar-refractivity contribution is 6.32. The third-order valence-electron chi connectivity index (χ3n) is 2.68. The molecule has 3 aromatic rings. The molecule has 3 rings (SSSR count). The Kier molecular flexibility index (Phi) is 2.38. The van der Waals surface area contributed by atoms with Gasteiger partial charge in [-0.25, -0.2) is 4.79 Å². The van der Waals surface area contributed by atoms with Gasteiger partial charge in [0.15, 0.2) is 5.58 Å². The van der Waals surface area contributed by atoms with Gasteiger partial charge in [0.1, 0.15) is 5.58 Å². The standard InChI is InChI=1S/C13H8ClNO3/c14-7-5-9-8-3-1-2-4-11(8)18-12(9)10(6-7)15-13(16)17/h1-6,15H,(H,16,17). The lowest BCUT2D eigenvalue weighted by molar-refractivity contribution is 0.209. The summed E-state index contributed by atoms with van der Waals surface area (Å²) in [6.07, 6.45) is -1.15. The quantitative estimate of drug-likeness (QED) is 0.685. The van der Waals surface area contributed by atoms with E-state index in [1.807, 2.05) is 24.3 Å². The van der Waals surface area contributed by atoms with E-state index in [1.165, 1.54) is 6.07 Å². The van der Waals surface area contributed by atoms with E-state index in [9.17, 15) is 4.79 Å². The van der Waals surface area contributed by atoms with E-state index in [1.54, 1.807) is 6.07 Å². The van der Waals surface area contributed by atoms with Gasteiger partial charge in [-0.3, -0.25) is 5.32 Å². The van der Waals surface area contributed by atoms with Crippen molar-refractivity contribution in [3.63, 3.8) is 0 Å². The number of halogens is 1. The van der Waals surface area contributed by atoms with Crippen LogP contribution in [0.3, 0.4) is 0 Å². The van der Waals surface area contributed by atoms with Crippen molar-refractivity contribution in [1.82, 2.24) is 0 Å². The Bertz CT molecular complexity index is 763. The van der Waals surface area contributed by atoms with Crippen molar-refractivity contribution in [2.24, 2.45) is 0 Å². The third kappa shape index (κ3) is 1.67. The second kappa shape index (κ2) is 3.92. The van der Waals surface area contributed by atoms with Crippen LogP contribution in [-0.2, 0) is 0 Å². The van der Waals surface area contributed by atoms with E-state index in [0.717, 1.165) is 10.8 Å². The molecule has 0 aliphatic rings. The van der Waals surface area contributed by atoms with Gasteiger partial charge in [-0.2, -0.15) is 0 Å². The van der Waals surface area contributed by atoms with Gasteiger partial charge < -0.3 is 9.52 Å². The summed E-state index contributed by atoms with van der Waals surface area (Å²) in [5, 5.41) is 13.2. The average Bonchev–Trinajstić information content (AvgIpc) is 2.67. The molecule has 90 valence electrons. The van der Waals surface area contributed by atoms with Crippen LogP contribution >= 0.6 is 11.6 Å². The molecule has 5 heteroatoms. The van der Waals surface area contributed by atoms with Crippen molar-refractivity contribution in [3.8, 4) is 0 Å². The van der Waals surface area contributed by atoms with E-state index in [0.29, 0.717) is 21.9 Å². The minimum atomic E-state index is -1.15. The van der Waals surface area contributed by atoms with Gasteiger partial charge in [0, 0.05) is 15.8 Å². The summed E-state index contributed by atoms with van der Waals surface area (Å²) in [4.78, 5) is 10.7. The van der Waals surface area contributed by atoms with E-state index in [-0.39, 0.29) is 0 Å². The Morgan fingerprint density at radius 2 is 2.00 bits per heavy atom. The Labute approximate surface area is 107 Å². The first kappa shape index (κ1) is 10.9. The number of rotatable bonds is 1. The number of fused-ring (bicyclic) bond motifs is 3. The predicted molar refractivity (Wildman–Crippen MR) is 70.4 cm³/mol. The van der Waals surface area contributed by atoms with Gasteiger partial charge in [0.05, 0.1) is 5.69 Å². The first-order valence-electron chi connectivity index (χ1n) is 5.26. The SMILES string of the molecule is O=C(O)Nc1cc(Cl)cc2c1oc1ccccc12. The van der Waals surface area contributed by atoms with E-state index < -0.39 is 6.09 Å². The van der Waals surface area contributed by atoms with Crippen LogP contribution in [0.1, 0.15) is 0 Å². The van der Waals surface area contributed by atoms with Crippen LogP contribution in [0.4, 0.5) is 10.5 Å². The van der Waals surface area contributed by atoms with Crippen LogP contribution in [0, 0.1) is 0 Å². The molecule has 1 heterocycles. The predicted octanol–water partition coefficient (Wildman–Crippen LogP) is 4.33. The summed E-state index contributed by atoms with van der Waals surface area (Å²) in [5.41, 5.74) is 1.53. The Balaban J connectivity index is 2.39. The van der Waals surface area contributed by atoms with Gasteiger partial charge in [-0.15, -0.1) is 0 Å². The van der Waals surface area contributed by atoms with Crippen molar-refractivity contribution in [3.05, 3.63) is 41.4 Å². The third-order valence-corrected chi connectivity index (χ3v) is 2.90. The molecule has 0 unspecified atom stereocenters. The highest BCUT2D eigenvalue weighted by atomic mass is 35.5. The summed E-state index contributed by atoms with van der Waals surface area (Å²) >= 11 is 5.99. The molecule has 0 saturated carbocycles. The summed E-state index contributed by atoms with van der Waals surface area (Å²) in [6, 6.07) is 10.8. The van der Waals surface area contributed by atoms with Crippen molar-refractivity contribution in [1.29, 1.82) is 0 Å². The highest BCUT2D eigenvalue weighted by Crippen LogP contribution is 2.35. The maximum atomic E-state index is 10.7. The first-order valence-corrected chi connectivity index (χ1v) is 5.63. The summed E-state index contributed by atoms with van der Waals surface area (Å²) < 4.78 is 5.65. The van der Waals surface area contributed by atoms with Crippen LogP contribution in [0.25, 0.3) is 21.9 Å². The van der Waals surface area contributed by atoms with E-state index >= 15 is 0 Å². The number of hydrogen-bond acceptors (Lipinski definition) is 2. The number of carbonyl (C=O) groups is 1. The fourth-order valence-electron chi connectivity index (χ4n) is 2.00. The number of furan rings is 1. The average molecular weight is 262 g/mol. The number of anilines is 1. The molecule has 0 radical (unpaired) electrons. The zero-order valence-corrected chi connectivity index (χ0v) is 9.86. The maximum Gasteiger partial charge on any atom is 0.409 e. The van der Waals surface area contributed by atoms with Gasteiger partial charge in [0.25, 0.3) is 0 Å². The minimum absolute atomic E-state index is 0.348. The molecule has 0 fully saturated rings. The van der Waals surface area contributed by atoms with E-state index in [4.69, 9.17) is 21.1 Å². The largest absolute Gasteiger partial charge is 0.465 e.